The highest BCUT2D eigenvalue weighted by atomic mass is 79.9. The van der Waals surface area contributed by atoms with Gasteiger partial charge in [0.25, 0.3) is 0 Å². The number of rotatable bonds is 3. The predicted molar refractivity (Wildman–Crippen MR) is 95.7 cm³/mol. The Labute approximate surface area is 139 Å². The van der Waals surface area contributed by atoms with Gasteiger partial charge in [-0.15, -0.1) is 11.3 Å². The molecule has 2 aromatic carbocycles. The second-order valence-electron chi connectivity index (χ2n) is 4.67. The zero-order chi connectivity index (χ0) is 14.1. The van der Waals surface area contributed by atoms with Gasteiger partial charge in [-0.3, -0.25) is 0 Å². The van der Waals surface area contributed by atoms with Crippen LogP contribution in [0, 0.1) is 0 Å². The van der Waals surface area contributed by atoms with Crippen LogP contribution in [0.2, 0.25) is 0 Å². The van der Waals surface area contributed by atoms with Crippen LogP contribution in [0.15, 0.2) is 56.8 Å². The Kier molecular flexibility index (Phi) is 4.15. The summed E-state index contributed by atoms with van der Waals surface area (Å²) in [6.07, 6.45) is 0. The van der Waals surface area contributed by atoms with Gasteiger partial charge in [0.05, 0.1) is 6.04 Å². The van der Waals surface area contributed by atoms with Gasteiger partial charge in [-0.25, -0.2) is 0 Å². The molecule has 1 N–H and O–H groups in total. The summed E-state index contributed by atoms with van der Waals surface area (Å²) in [5.74, 6) is 0. The Bertz CT molecular complexity index is 751. The maximum absolute atomic E-state index is 3.61. The molecule has 102 valence electrons. The van der Waals surface area contributed by atoms with Crippen LogP contribution in [-0.4, -0.2) is 0 Å². The molecule has 0 saturated heterocycles. The highest BCUT2D eigenvalue weighted by Crippen LogP contribution is 2.33. The minimum Gasteiger partial charge on any atom is -0.377 e. The lowest BCUT2D eigenvalue weighted by Crippen LogP contribution is -2.05. The van der Waals surface area contributed by atoms with E-state index >= 15 is 0 Å². The third-order valence-electron chi connectivity index (χ3n) is 3.26. The highest BCUT2D eigenvalue weighted by Gasteiger charge is 2.10. The number of hydrogen-bond donors (Lipinski definition) is 1. The van der Waals surface area contributed by atoms with E-state index in [-0.39, 0.29) is 6.04 Å². The molecular weight excluding hydrogens is 398 g/mol. The van der Waals surface area contributed by atoms with Gasteiger partial charge in [0.15, 0.2) is 0 Å². The summed E-state index contributed by atoms with van der Waals surface area (Å²) < 4.78 is 2.27. The molecule has 1 atom stereocenters. The van der Waals surface area contributed by atoms with Crippen LogP contribution in [0.25, 0.3) is 10.8 Å². The van der Waals surface area contributed by atoms with Crippen LogP contribution in [0.3, 0.4) is 0 Å². The largest absolute Gasteiger partial charge is 0.377 e. The molecule has 0 aliphatic carbocycles. The van der Waals surface area contributed by atoms with Crippen LogP contribution >= 0.6 is 43.2 Å². The maximum Gasteiger partial charge on any atom is 0.0579 e. The molecule has 0 bridgehead atoms. The minimum atomic E-state index is 0.288. The van der Waals surface area contributed by atoms with E-state index in [0.29, 0.717) is 0 Å². The van der Waals surface area contributed by atoms with Gasteiger partial charge in [-0.05, 0) is 46.4 Å². The molecule has 0 aliphatic heterocycles. The van der Waals surface area contributed by atoms with E-state index in [1.54, 1.807) is 11.3 Å². The van der Waals surface area contributed by atoms with E-state index in [2.05, 4.69) is 91.9 Å². The van der Waals surface area contributed by atoms with E-state index < -0.39 is 0 Å². The monoisotopic (exact) mass is 409 g/mol. The summed E-state index contributed by atoms with van der Waals surface area (Å²) in [6.45, 7) is 2.19. The average molecular weight is 411 g/mol. The molecule has 1 heterocycles. The molecular formula is C16H13Br2NS. The fourth-order valence-corrected chi connectivity index (χ4v) is 4.18. The zero-order valence-electron chi connectivity index (χ0n) is 10.9. The first kappa shape index (κ1) is 14.1. The summed E-state index contributed by atoms with van der Waals surface area (Å²) in [5.41, 5.74) is 1.17. The molecule has 3 rings (SSSR count). The Hall–Kier alpha value is -0.840. The van der Waals surface area contributed by atoms with Crippen molar-refractivity contribution in [3.8, 4) is 0 Å². The van der Waals surface area contributed by atoms with Crippen molar-refractivity contribution >= 4 is 59.7 Å². The van der Waals surface area contributed by atoms with Crippen molar-refractivity contribution in [3.05, 3.63) is 61.7 Å². The summed E-state index contributed by atoms with van der Waals surface area (Å²) >= 11 is 8.89. The van der Waals surface area contributed by atoms with Gasteiger partial charge in [0.1, 0.15) is 0 Å². The van der Waals surface area contributed by atoms with Gasteiger partial charge in [0, 0.05) is 30.3 Å². The number of anilines is 1. The molecule has 0 aliphatic rings. The topological polar surface area (TPSA) is 12.0 Å². The SMILES string of the molecule is CC(Nc1ccc(Br)c2ccccc12)c1cc(Br)cs1. The number of hydrogen-bond acceptors (Lipinski definition) is 2. The lowest BCUT2D eigenvalue weighted by Gasteiger charge is -2.16. The Morgan fingerprint density at radius 1 is 1.05 bits per heavy atom. The Morgan fingerprint density at radius 3 is 2.50 bits per heavy atom. The van der Waals surface area contributed by atoms with E-state index in [1.807, 2.05) is 0 Å². The lowest BCUT2D eigenvalue weighted by molar-refractivity contribution is 0.910. The van der Waals surface area contributed by atoms with Gasteiger partial charge >= 0.3 is 0 Å². The standard InChI is InChI=1S/C16H13Br2NS/c1-10(16-8-11(17)9-20-16)19-15-7-6-14(18)12-4-2-3-5-13(12)15/h2-10,19H,1H3. The van der Waals surface area contributed by atoms with Crippen molar-refractivity contribution in [1.29, 1.82) is 0 Å². The van der Waals surface area contributed by atoms with E-state index in [9.17, 15) is 0 Å². The minimum absolute atomic E-state index is 0.288. The third-order valence-corrected chi connectivity index (χ3v) is 5.83. The van der Waals surface area contributed by atoms with Gasteiger partial charge < -0.3 is 5.32 Å². The molecule has 4 heteroatoms. The van der Waals surface area contributed by atoms with E-state index in [0.717, 1.165) is 8.95 Å². The van der Waals surface area contributed by atoms with Crippen LogP contribution in [0.1, 0.15) is 17.8 Å². The molecule has 0 radical (unpaired) electrons. The fraction of sp³-hybridized carbons (Fsp3) is 0.125. The van der Waals surface area contributed by atoms with Gasteiger partial charge in [-0.2, -0.15) is 0 Å². The second-order valence-corrected chi connectivity index (χ2v) is 7.39. The lowest BCUT2D eigenvalue weighted by atomic mass is 10.1. The molecule has 0 saturated carbocycles. The number of nitrogens with one attached hydrogen (secondary N) is 1. The van der Waals surface area contributed by atoms with E-state index in [1.165, 1.54) is 21.3 Å². The molecule has 0 spiro atoms. The first-order valence-electron chi connectivity index (χ1n) is 6.33. The smallest absolute Gasteiger partial charge is 0.0579 e. The summed E-state index contributed by atoms with van der Waals surface area (Å²) in [6, 6.07) is 15.1. The first-order chi connectivity index (χ1) is 9.65. The molecule has 1 aromatic heterocycles. The van der Waals surface area contributed by atoms with Crippen molar-refractivity contribution in [2.45, 2.75) is 13.0 Å². The molecule has 1 unspecified atom stereocenters. The van der Waals surface area contributed by atoms with Crippen molar-refractivity contribution in [2.24, 2.45) is 0 Å². The molecule has 0 amide bonds. The van der Waals surface area contributed by atoms with Crippen LogP contribution in [0.5, 0.6) is 0 Å². The van der Waals surface area contributed by atoms with Crippen LogP contribution in [-0.2, 0) is 0 Å². The molecule has 3 aromatic rings. The van der Waals surface area contributed by atoms with Crippen molar-refractivity contribution in [1.82, 2.24) is 0 Å². The van der Waals surface area contributed by atoms with Gasteiger partial charge in [-0.1, -0.05) is 40.2 Å². The Balaban J connectivity index is 1.97. The van der Waals surface area contributed by atoms with E-state index in [4.69, 9.17) is 0 Å². The normalized spacial score (nSPS) is 12.6. The van der Waals surface area contributed by atoms with Gasteiger partial charge in [0.2, 0.25) is 0 Å². The number of halogens is 2. The number of benzene rings is 2. The second kappa shape index (κ2) is 5.88. The number of fused-ring (bicyclic) bond motifs is 1. The predicted octanol–water partition coefficient (Wildman–Crippen LogP) is 6.60. The molecule has 20 heavy (non-hydrogen) atoms. The average Bonchev–Trinajstić information content (AvgIpc) is 2.89. The summed E-state index contributed by atoms with van der Waals surface area (Å²) in [7, 11) is 0. The van der Waals surface area contributed by atoms with Crippen molar-refractivity contribution in [3.63, 3.8) is 0 Å². The maximum atomic E-state index is 3.61. The third kappa shape index (κ3) is 2.78. The zero-order valence-corrected chi connectivity index (χ0v) is 14.8. The number of thiophene rings is 1. The van der Waals surface area contributed by atoms with Crippen molar-refractivity contribution in [2.75, 3.05) is 5.32 Å². The van der Waals surface area contributed by atoms with Crippen LogP contribution < -0.4 is 5.32 Å². The molecule has 1 nitrogen and oxygen atoms in total. The fourth-order valence-electron chi connectivity index (χ4n) is 2.25. The van der Waals surface area contributed by atoms with Crippen LogP contribution in [0.4, 0.5) is 5.69 Å². The summed E-state index contributed by atoms with van der Waals surface area (Å²) in [4.78, 5) is 1.32. The molecule has 0 fully saturated rings. The first-order valence-corrected chi connectivity index (χ1v) is 8.79. The Morgan fingerprint density at radius 2 is 1.80 bits per heavy atom. The van der Waals surface area contributed by atoms with Crippen molar-refractivity contribution < 1.29 is 0 Å². The summed E-state index contributed by atoms with van der Waals surface area (Å²) in [5, 5.41) is 8.20. The quantitative estimate of drug-likeness (QED) is 0.512. The highest BCUT2D eigenvalue weighted by molar-refractivity contribution is 9.11.